The zero-order valence-corrected chi connectivity index (χ0v) is 21.4. The highest BCUT2D eigenvalue weighted by Crippen LogP contribution is 2.12. The van der Waals surface area contributed by atoms with Gasteiger partial charge < -0.3 is 43.4 Å². The average molecular weight is 542 g/mol. The Labute approximate surface area is 225 Å². The van der Waals surface area contributed by atoms with Gasteiger partial charge in [0.15, 0.2) is 5.96 Å². The van der Waals surface area contributed by atoms with Crippen molar-refractivity contribution in [2.45, 2.75) is 43.8 Å². The van der Waals surface area contributed by atoms with Gasteiger partial charge in [-0.1, -0.05) is 42.5 Å². The van der Waals surface area contributed by atoms with Gasteiger partial charge in [0.25, 0.3) is 0 Å². The predicted molar refractivity (Wildman–Crippen MR) is 144 cm³/mol. The molecule has 3 amide bonds. The summed E-state index contributed by atoms with van der Waals surface area (Å²) in [4.78, 5) is 53.6. The van der Waals surface area contributed by atoms with Gasteiger partial charge in [0.1, 0.15) is 17.8 Å². The summed E-state index contributed by atoms with van der Waals surface area (Å²) in [6.07, 6.45) is 0.806. The highest BCUT2D eigenvalue weighted by atomic mass is 16.4. The maximum atomic E-state index is 13.1. The van der Waals surface area contributed by atoms with Crippen LogP contribution < -0.4 is 33.2 Å². The monoisotopic (exact) mass is 541 g/mol. The maximum Gasteiger partial charge on any atom is 0.326 e. The van der Waals surface area contributed by atoms with Gasteiger partial charge in [-0.2, -0.15) is 0 Å². The first-order chi connectivity index (χ1) is 18.5. The lowest BCUT2D eigenvalue weighted by Gasteiger charge is -2.22. The van der Waals surface area contributed by atoms with Gasteiger partial charge in [-0.05, 0) is 36.1 Å². The van der Waals surface area contributed by atoms with Crippen molar-refractivity contribution in [2.24, 2.45) is 22.2 Å². The largest absolute Gasteiger partial charge is 0.508 e. The molecular formula is C26H35N7O6. The Kier molecular flexibility index (Phi) is 12.2. The van der Waals surface area contributed by atoms with E-state index < -0.39 is 48.4 Å². The van der Waals surface area contributed by atoms with E-state index in [0.717, 1.165) is 5.56 Å². The summed E-state index contributed by atoms with van der Waals surface area (Å²) in [7, 11) is 0. The van der Waals surface area contributed by atoms with E-state index in [-0.39, 0.29) is 24.6 Å². The van der Waals surface area contributed by atoms with Gasteiger partial charge in [-0.15, -0.1) is 0 Å². The second-order valence-electron chi connectivity index (χ2n) is 8.85. The van der Waals surface area contributed by atoms with Gasteiger partial charge in [-0.25, -0.2) is 4.79 Å². The van der Waals surface area contributed by atoms with Crippen molar-refractivity contribution in [3.05, 3.63) is 65.7 Å². The molecule has 3 atom stereocenters. The number of carboxylic acid groups (broad SMARTS) is 1. The molecule has 0 saturated heterocycles. The number of amides is 3. The third kappa shape index (κ3) is 11.5. The smallest absolute Gasteiger partial charge is 0.326 e. The van der Waals surface area contributed by atoms with Crippen molar-refractivity contribution >= 4 is 29.7 Å². The molecule has 13 heteroatoms. The molecule has 0 aliphatic heterocycles. The molecule has 0 spiro atoms. The van der Waals surface area contributed by atoms with Crippen LogP contribution in [0.5, 0.6) is 5.75 Å². The molecule has 210 valence electrons. The summed E-state index contributed by atoms with van der Waals surface area (Å²) in [5.41, 5.74) is 17.6. The van der Waals surface area contributed by atoms with E-state index in [2.05, 4.69) is 20.9 Å². The minimum atomic E-state index is -1.28. The fraction of sp³-hybridized carbons (Fsp3) is 0.346. The first kappa shape index (κ1) is 30.6. The Morgan fingerprint density at radius 1 is 0.846 bits per heavy atom. The number of carbonyl (C=O) groups is 4. The number of guanidine groups is 1. The predicted octanol–water partition coefficient (Wildman–Crippen LogP) is -1.27. The third-order valence-corrected chi connectivity index (χ3v) is 5.65. The van der Waals surface area contributed by atoms with Crippen LogP contribution in [0.25, 0.3) is 0 Å². The van der Waals surface area contributed by atoms with Crippen LogP contribution in [0, 0.1) is 0 Å². The number of carboxylic acids is 1. The molecule has 11 N–H and O–H groups in total. The second-order valence-corrected chi connectivity index (χ2v) is 8.85. The molecule has 0 aromatic heterocycles. The maximum absolute atomic E-state index is 13.1. The number of nitrogens with zero attached hydrogens (tertiary/aromatic N) is 1. The Balaban J connectivity index is 2.01. The quantitative estimate of drug-likeness (QED) is 0.0761. The average Bonchev–Trinajstić information content (AvgIpc) is 2.90. The molecule has 39 heavy (non-hydrogen) atoms. The minimum absolute atomic E-state index is 0.0271. The lowest BCUT2D eigenvalue weighted by Crippen LogP contribution is -2.54. The normalized spacial score (nSPS) is 12.8. The topological polar surface area (TPSA) is 235 Å². The zero-order chi connectivity index (χ0) is 28.8. The third-order valence-electron chi connectivity index (χ3n) is 5.65. The van der Waals surface area contributed by atoms with E-state index in [0.29, 0.717) is 24.9 Å². The van der Waals surface area contributed by atoms with Crippen LogP contribution in [0.3, 0.4) is 0 Å². The van der Waals surface area contributed by atoms with E-state index in [1.807, 2.05) is 0 Å². The molecule has 0 fully saturated rings. The number of hydrogen-bond acceptors (Lipinski definition) is 7. The SMILES string of the molecule is NC(N)=NCCCC(N)C(=O)NCC(=O)NC(Cc1ccccc1)C(=O)NC(Cc1ccc(O)cc1)C(=O)O. The molecule has 0 saturated carbocycles. The molecule has 2 rings (SSSR count). The number of hydrogen-bond donors (Lipinski definition) is 8. The van der Waals surface area contributed by atoms with Crippen LogP contribution in [0.1, 0.15) is 24.0 Å². The highest BCUT2D eigenvalue weighted by molar-refractivity contribution is 5.92. The Morgan fingerprint density at radius 2 is 1.46 bits per heavy atom. The van der Waals surface area contributed by atoms with Gasteiger partial charge in [-0.3, -0.25) is 19.4 Å². The van der Waals surface area contributed by atoms with Gasteiger partial charge >= 0.3 is 5.97 Å². The van der Waals surface area contributed by atoms with E-state index in [1.54, 1.807) is 42.5 Å². The van der Waals surface area contributed by atoms with Gasteiger partial charge in [0, 0.05) is 19.4 Å². The number of rotatable bonds is 15. The molecular weight excluding hydrogens is 506 g/mol. The Morgan fingerprint density at radius 3 is 2.08 bits per heavy atom. The lowest BCUT2D eigenvalue weighted by molar-refractivity contribution is -0.142. The summed E-state index contributed by atoms with van der Waals surface area (Å²) in [6, 6.07) is 11.5. The molecule has 0 heterocycles. The second kappa shape index (κ2) is 15.6. The molecule has 0 aliphatic rings. The molecule has 0 bridgehead atoms. The highest BCUT2D eigenvalue weighted by Gasteiger charge is 2.27. The lowest BCUT2D eigenvalue weighted by atomic mass is 10.0. The van der Waals surface area contributed by atoms with Crippen LogP contribution in [0.2, 0.25) is 0 Å². The first-order valence-corrected chi connectivity index (χ1v) is 12.3. The van der Waals surface area contributed by atoms with Crippen molar-refractivity contribution in [3.63, 3.8) is 0 Å². The number of aliphatic imine (C=N–C) groups is 1. The van der Waals surface area contributed by atoms with E-state index in [1.165, 1.54) is 12.1 Å². The van der Waals surface area contributed by atoms with Crippen molar-refractivity contribution in [3.8, 4) is 5.75 Å². The van der Waals surface area contributed by atoms with E-state index in [4.69, 9.17) is 17.2 Å². The van der Waals surface area contributed by atoms with Crippen molar-refractivity contribution in [2.75, 3.05) is 13.1 Å². The summed E-state index contributed by atoms with van der Waals surface area (Å²) in [6.45, 7) is -0.126. The fourth-order valence-electron chi connectivity index (χ4n) is 3.59. The molecule has 0 radical (unpaired) electrons. The molecule has 13 nitrogen and oxygen atoms in total. The van der Waals surface area contributed by atoms with Gasteiger partial charge in [0.2, 0.25) is 17.7 Å². The summed E-state index contributed by atoms with van der Waals surface area (Å²) < 4.78 is 0. The summed E-state index contributed by atoms with van der Waals surface area (Å²) in [5, 5.41) is 26.6. The van der Waals surface area contributed by atoms with Crippen molar-refractivity contribution < 1.29 is 29.4 Å². The first-order valence-electron chi connectivity index (χ1n) is 12.3. The molecule has 2 aromatic rings. The Bertz CT molecular complexity index is 1140. The van der Waals surface area contributed by atoms with Crippen molar-refractivity contribution in [1.29, 1.82) is 0 Å². The van der Waals surface area contributed by atoms with Crippen molar-refractivity contribution in [1.82, 2.24) is 16.0 Å². The molecule has 2 aromatic carbocycles. The van der Waals surface area contributed by atoms with Crippen LogP contribution in [-0.4, -0.2) is 71.1 Å². The number of benzene rings is 2. The van der Waals surface area contributed by atoms with E-state index >= 15 is 0 Å². The fourth-order valence-corrected chi connectivity index (χ4v) is 3.59. The summed E-state index contributed by atoms with van der Waals surface area (Å²) >= 11 is 0. The van der Waals surface area contributed by atoms with E-state index in [9.17, 15) is 29.4 Å². The number of nitrogens with two attached hydrogens (primary N) is 3. The Hall–Kier alpha value is -4.65. The number of carbonyl (C=O) groups excluding carboxylic acids is 3. The van der Waals surface area contributed by atoms with Crippen LogP contribution in [0.4, 0.5) is 0 Å². The van der Waals surface area contributed by atoms with Gasteiger partial charge in [0.05, 0.1) is 12.6 Å². The number of aromatic hydroxyl groups is 1. The zero-order valence-electron chi connectivity index (χ0n) is 21.4. The van der Waals surface area contributed by atoms with Crippen LogP contribution >= 0.6 is 0 Å². The molecule has 0 aliphatic carbocycles. The summed E-state index contributed by atoms with van der Waals surface area (Å²) in [5.74, 6) is -3.21. The number of phenols is 1. The van der Waals surface area contributed by atoms with Crippen LogP contribution in [-0.2, 0) is 32.0 Å². The van der Waals surface area contributed by atoms with Crippen LogP contribution in [0.15, 0.2) is 59.6 Å². The number of aliphatic carboxylic acids is 1. The minimum Gasteiger partial charge on any atom is -0.508 e. The standard InChI is InChI=1S/C26H35N7O6/c27-19(7-4-12-30-26(28)29)23(36)31-15-22(35)32-20(13-16-5-2-1-3-6-16)24(37)33-21(25(38)39)14-17-8-10-18(34)11-9-17/h1-3,5-6,8-11,19-21,34H,4,7,12-15,27H2,(H,31,36)(H,32,35)(H,33,37)(H,38,39)(H4,28,29,30). The molecule has 3 unspecified atom stereocenters. The number of phenolic OH excluding ortho intramolecular Hbond substituents is 1. The number of nitrogens with one attached hydrogen (secondary N) is 3.